The highest BCUT2D eigenvalue weighted by Crippen LogP contribution is 2.29. The molecule has 1 saturated carbocycles. The van der Waals surface area contributed by atoms with Gasteiger partial charge in [0.2, 0.25) is 5.91 Å². The summed E-state index contributed by atoms with van der Waals surface area (Å²) in [5.41, 5.74) is 0. The predicted molar refractivity (Wildman–Crippen MR) is 108 cm³/mol. The van der Waals surface area contributed by atoms with Gasteiger partial charge in [0.05, 0.1) is 12.6 Å². The van der Waals surface area contributed by atoms with Gasteiger partial charge in [-0.15, -0.1) is 11.3 Å². The summed E-state index contributed by atoms with van der Waals surface area (Å²) in [6.07, 6.45) is 4.66. The lowest BCUT2D eigenvalue weighted by molar-refractivity contribution is -0.122. The zero-order chi connectivity index (χ0) is 18.2. The summed E-state index contributed by atoms with van der Waals surface area (Å²) >= 11 is 1.82. The predicted octanol–water partition coefficient (Wildman–Crippen LogP) is 1.97. The molecule has 1 unspecified atom stereocenters. The van der Waals surface area contributed by atoms with E-state index in [9.17, 15) is 4.79 Å². The minimum atomic E-state index is 0.195. The second-order valence-corrected chi connectivity index (χ2v) is 7.97. The quantitative estimate of drug-likeness (QED) is 0.350. The van der Waals surface area contributed by atoms with Crippen LogP contribution in [0, 0.1) is 5.92 Å². The van der Waals surface area contributed by atoms with Gasteiger partial charge in [-0.2, -0.15) is 0 Å². The van der Waals surface area contributed by atoms with Gasteiger partial charge in [0, 0.05) is 30.4 Å². The molecule has 0 bridgehead atoms. The van der Waals surface area contributed by atoms with Crippen molar-refractivity contribution in [2.75, 3.05) is 39.3 Å². The average Bonchev–Trinajstić information content (AvgIpc) is 3.11. The Balaban J connectivity index is 1.51. The van der Waals surface area contributed by atoms with Gasteiger partial charge in [-0.05, 0) is 57.1 Å². The molecular weight excluding hydrogens is 346 g/mol. The first-order valence-electron chi connectivity index (χ1n) is 9.85. The molecule has 0 radical (unpaired) electrons. The molecule has 1 aliphatic carbocycles. The van der Waals surface area contributed by atoms with E-state index < -0.39 is 0 Å². The minimum Gasteiger partial charge on any atom is -0.357 e. The molecule has 1 amide bonds. The summed E-state index contributed by atoms with van der Waals surface area (Å²) in [4.78, 5) is 20.4. The number of guanidine groups is 1. The first kappa shape index (κ1) is 19.2. The number of thiophene rings is 1. The van der Waals surface area contributed by atoms with Crippen LogP contribution in [0.25, 0.3) is 0 Å². The Bertz CT molecular complexity index is 579. The van der Waals surface area contributed by atoms with Crippen LogP contribution in [0.4, 0.5) is 0 Å². The van der Waals surface area contributed by atoms with Crippen LogP contribution < -0.4 is 16.0 Å². The van der Waals surface area contributed by atoms with E-state index in [0.717, 1.165) is 45.0 Å². The van der Waals surface area contributed by atoms with Crippen molar-refractivity contribution in [1.29, 1.82) is 0 Å². The Kier molecular flexibility index (Phi) is 7.32. The fraction of sp³-hybridized carbons (Fsp3) is 0.684. The number of rotatable bonds is 9. The van der Waals surface area contributed by atoms with Crippen LogP contribution in [0.3, 0.4) is 0 Å². The van der Waals surface area contributed by atoms with Crippen molar-refractivity contribution in [3.8, 4) is 0 Å². The monoisotopic (exact) mass is 377 g/mol. The fourth-order valence-corrected chi connectivity index (χ4v) is 4.15. The lowest BCUT2D eigenvalue weighted by Gasteiger charge is -2.25. The molecule has 3 N–H and O–H groups in total. The minimum absolute atomic E-state index is 0.195. The first-order chi connectivity index (χ1) is 12.8. The zero-order valence-electron chi connectivity index (χ0n) is 15.7. The molecular formula is C19H31N5OS. The summed E-state index contributed by atoms with van der Waals surface area (Å²) in [6.45, 7) is 7.31. The Morgan fingerprint density at radius 2 is 2.04 bits per heavy atom. The van der Waals surface area contributed by atoms with Crippen molar-refractivity contribution in [3.05, 3.63) is 22.4 Å². The third-order valence-electron chi connectivity index (χ3n) is 4.88. The molecule has 6 nitrogen and oxygen atoms in total. The highest BCUT2D eigenvalue weighted by atomic mass is 32.1. The third-order valence-corrected chi connectivity index (χ3v) is 5.86. The van der Waals surface area contributed by atoms with E-state index in [4.69, 9.17) is 4.99 Å². The number of carbonyl (C=O) groups excluding carboxylic acids is 1. The van der Waals surface area contributed by atoms with Gasteiger partial charge < -0.3 is 16.0 Å². The number of hydrogen-bond acceptors (Lipinski definition) is 4. The van der Waals surface area contributed by atoms with E-state index in [0.29, 0.717) is 19.1 Å². The Labute approximate surface area is 160 Å². The van der Waals surface area contributed by atoms with Crippen LogP contribution in [0.15, 0.2) is 22.5 Å². The largest absolute Gasteiger partial charge is 0.357 e. The van der Waals surface area contributed by atoms with E-state index in [2.05, 4.69) is 45.3 Å². The summed E-state index contributed by atoms with van der Waals surface area (Å²) < 4.78 is 0. The maximum atomic E-state index is 11.7. The number of nitrogens with one attached hydrogen (secondary N) is 3. The van der Waals surface area contributed by atoms with Crippen LogP contribution >= 0.6 is 11.3 Å². The zero-order valence-corrected chi connectivity index (χ0v) is 16.5. The van der Waals surface area contributed by atoms with Gasteiger partial charge in [0.15, 0.2) is 5.96 Å². The molecule has 0 aromatic carbocycles. The van der Waals surface area contributed by atoms with Crippen molar-refractivity contribution in [3.63, 3.8) is 0 Å². The standard InChI is InChI=1S/C19H31N5OS/c1-2-20-19(22-10-9-21-18(25)15-7-8-15)23-14-16(17-6-5-13-26-17)24-11-3-4-12-24/h5-6,13,15-16H,2-4,7-12,14H2,1H3,(H,21,25)(H2,20,22,23). The number of amides is 1. The van der Waals surface area contributed by atoms with Gasteiger partial charge in [-0.1, -0.05) is 6.07 Å². The third kappa shape index (κ3) is 5.71. The Morgan fingerprint density at radius 3 is 2.69 bits per heavy atom. The lowest BCUT2D eigenvalue weighted by atomic mass is 10.2. The van der Waals surface area contributed by atoms with Gasteiger partial charge in [0.1, 0.15) is 0 Å². The number of aliphatic imine (C=N–C) groups is 1. The van der Waals surface area contributed by atoms with E-state index in [1.807, 2.05) is 11.3 Å². The second kappa shape index (κ2) is 9.92. The molecule has 3 rings (SSSR count). The lowest BCUT2D eigenvalue weighted by Crippen LogP contribution is -2.42. The molecule has 1 aromatic rings. The Morgan fingerprint density at radius 1 is 1.27 bits per heavy atom. The van der Waals surface area contributed by atoms with Crippen LogP contribution in [-0.2, 0) is 4.79 Å². The molecule has 0 spiro atoms. The van der Waals surface area contributed by atoms with Gasteiger partial charge in [0.25, 0.3) is 0 Å². The summed E-state index contributed by atoms with van der Waals surface area (Å²) in [5.74, 6) is 1.29. The summed E-state index contributed by atoms with van der Waals surface area (Å²) in [6, 6.07) is 4.71. The molecule has 1 atom stereocenters. The van der Waals surface area contributed by atoms with Crippen molar-refractivity contribution in [1.82, 2.24) is 20.9 Å². The molecule has 26 heavy (non-hydrogen) atoms. The number of carbonyl (C=O) groups is 1. The smallest absolute Gasteiger partial charge is 0.223 e. The van der Waals surface area contributed by atoms with Crippen molar-refractivity contribution in [2.24, 2.45) is 10.9 Å². The van der Waals surface area contributed by atoms with Gasteiger partial charge in [-0.25, -0.2) is 0 Å². The van der Waals surface area contributed by atoms with Crippen molar-refractivity contribution >= 4 is 23.2 Å². The van der Waals surface area contributed by atoms with Crippen molar-refractivity contribution < 1.29 is 4.79 Å². The molecule has 2 heterocycles. The molecule has 1 aromatic heterocycles. The van der Waals surface area contributed by atoms with E-state index in [-0.39, 0.29) is 11.8 Å². The normalized spacial score (nSPS) is 19.3. The average molecular weight is 378 g/mol. The fourth-order valence-electron chi connectivity index (χ4n) is 3.30. The topological polar surface area (TPSA) is 68.8 Å². The SMILES string of the molecule is CCNC(=NCC(c1cccs1)N1CCCC1)NCCNC(=O)C1CC1. The van der Waals surface area contributed by atoms with E-state index in [1.165, 1.54) is 17.7 Å². The van der Waals surface area contributed by atoms with Crippen LogP contribution in [0.1, 0.15) is 43.5 Å². The van der Waals surface area contributed by atoms with Crippen LogP contribution in [-0.4, -0.2) is 56.0 Å². The van der Waals surface area contributed by atoms with E-state index in [1.54, 1.807) is 0 Å². The maximum Gasteiger partial charge on any atom is 0.223 e. The maximum absolute atomic E-state index is 11.7. The van der Waals surface area contributed by atoms with Gasteiger partial charge in [-0.3, -0.25) is 14.7 Å². The van der Waals surface area contributed by atoms with Crippen LogP contribution in [0.5, 0.6) is 0 Å². The molecule has 2 aliphatic rings. The highest BCUT2D eigenvalue weighted by Gasteiger charge is 2.29. The molecule has 144 valence electrons. The number of likely N-dealkylation sites (tertiary alicyclic amines) is 1. The second-order valence-electron chi connectivity index (χ2n) is 6.99. The van der Waals surface area contributed by atoms with E-state index >= 15 is 0 Å². The van der Waals surface area contributed by atoms with Gasteiger partial charge >= 0.3 is 0 Å². The molecule has 1 aliphatic heterocycles. The van der Waals surface area contributed by atoms with Crippen molar-refractivity contribution in [2.45, 2.75) is 38.6 Å². The Hall–Kier alpha value is -1.60. The molecule has 7 heteroatoms. The molecule has 1 saturated heterocycles. The highest BCUT2D eigenvalue weighted by molar-refractivity contribution is 7.10. The van der Waals surface area contributed by atoms with Crippen LogP contribution in [0.2, 0.25) is 0 Å². The first-order valence-corrected chi connectivity index (χ1v) is 10.7. The molecule has 2 fully saturated rings. The summed E-state index contributed by atoms with van der Waals surface area (Å²) in [7, 11) is 0. The number of hydrogen-bond donors (Lipinski definition) is 3. The number of nitrogens with zero attached hydrogens (tertiary/aromatic N) is 2. The summed E-state index contributed by atoms with van der Waals surface area (Å²) in [5, 5.41) is 11.8.